The van der Waals surface area contributed by atoms with E-state index in [-0.39, 0.29) is 5.41 Å². The number of piperidine rings is 2. The van der Waals surface area contributed by atoms with Crippen molar-refractivity contribution >= 4 is 11.7 Å². The minimum absolute atomic E-state index is 0.231. The predicted molar refractivity (Wildman–Crippen MR) is 102 cm³/mol. The van der Waals surface area contributed by atoms with Gasteiger partial charge in [0.15, 0.2) is 0 Å². The van der Waals surface area contributed by atoms with Crippen molar-refractivity contribution in [3.8, 4) is 0 Å². The standard InChI is InChI=1S/C20H31N5O/c1-23(2)11-12-24-13-20(9-7-18(24)26)8-4-10-25(14-20)19-16-5-3-6-17(16)21-15-22-19/h15H,3-14H2,1-2H3. The van der Waals surface area contributed by atoms with Crippen LogP contribution < -0.4 is 4.90 Å². The molecule has 1 aliphatic carbocycles. The monoisotopic (exact) mass is 357 g/mol. The second-order valence-electron chi connectivity index (χ2n) is 8.62. The Bertz CT molecular complexity index is 676. The summed E-state index contributed by atoms with van der Waals surface area (Å²) in [5.41, 5.74) is 2.86. The molecule has 0 N–H and O–H groups in total. The summed E-state index contributed by atoms with van der Waals surface area (Å²) in [5.74, 6) is 1.50. The van der Waals surface area contributed by atoms with Crippen molar-refractivity contribution in [1.29, 1.82) is 0 Å². The summed E-state index contributed by atoms with van der Waals surface area (Å²) in [6.07, 6.45) is 9.29. The van der Waals surface area contributed by atoms with Crippen molar-refractivity contribution in [2.24, 2.45) is 5.41 Å². The van der Waals surface area contributed by atoms with Gasteiger partial charge in [0.2, 0.25) is 5.91 Å². The Morgan fingerprint density at radius 3 is 2.85 bits per heavy atom. The molecule has 1 unspecified atom stereocenters. The first-order valence-corrected chi connectivity index (χ1v) is 10.1. The summed E-state index contributed by atoms with van der Waals surface area (Å²) in [6.45, 7) is 4.80. The van der Waals surface area contributed by atoms with Gasteiger partial charge in [0.05, 0.1) is 0 Å². The van der Waals surface area contributed by atoms with Crippen LogP contribution in [0.5, 0.6) is 0 Å². The second-order valence-corrected chi connectivity index (χ2v) is 8.62. The maximum absolute atomic E-state index is 12.4. The smallest absolute Gasteiger partial charge is 0.222 e. The molecule has 26 heavy (non-hydrogen) atoms. The predicted octanol–water partition coefficient (Wildman–Crippen LogP) is 1.74. The lowest BCUT2D eigenvalue weighted by atomic mass is 9.73. The third-order valence-corrected chi connectivity index (χ3v) is 6.38. The Hall–Kier alpha value is -1.69. The van der Waals surface area contributed by atoms with Gasteiger partial charge in [0.25, 0.3) is 0 Å². The van der Waals surface area contributed by atoms with Crippen LogP contribution in [0.1, 0.15) is 43.4 Å². The second kappa shape index (κ2) is 7.14. The van der Waals surface area contributed by atoms with E-state index in [1.54, 1.807) is 6.33 Å². The fourth-order valence-corrected chi connectivity index (χ4v) is 4.96. The van der Waals surface area contributed by atoms with E-state index in [9.17, 15) is 4.79 Å². The highest BCUT2D eigenvalue weighted by Crippen LogP contribution is 2.41. The normalized spacial score (nSPS) is 26.0. The Balaban J connectivity index is 1.51. The van der Waals surface area contributed by atoms with E-state index in [1.807, 2.05) is 0 Å². The van der Waals surface area contributed by atoms with Gasteiger partial charge in [-0.2, -0.15) is 0 Å². The van der Waals surface area contributed by atoms with Crippen molar-refractivity contribution in [3.63, 3.8) is 0 Å². The zero-order chi connectivity index (χ0) is 18.1. The maximum Gasteiger partial charge on any atom is 0.222 e. The van der Waals surface area contributed by atoms with Crippen LogP contribution in [0, 0.1) is 5.41 Å². The van der Waals surface area contributed by atoms with Crippen LogP contribution in [0.4, 0.5) is 5.82 Å². The van der Waals surface area contributed by atoms with E-state index in [2.05, 4.69) is 38.8 Å². The number of carbonyl (C=O) groups is 1. The summed E-state index contributed by atoms with van der Waals surface area (Å²) in [6, 6.07) is 0. The molecule has 6 heteroatoms. The Morgan fingerprint density at radius 1 is 1.12 bits per heavy atom. The molecular weight excluding hydrogens is 326 g/mol. The first-order chi connectivity index (χ1) is 12.6. The zero-order valence-corrected chi connectivity index (χ0v) is 16.2. The molecule has 2 saturated heterocycles. The van der Waals surface area contributed by atoms with Gasteiger partial charge >= 0.3 is 0 Å². The number of likely N-dealkylation sites (N-methyl/N-ethyl adjacent to an activating group) is 1. The molecule has 0 bridgehead atoms. The SMILES string of the molecule is CN(C)CCN1CC2(CCCN(c3ncnc4c3CCC4)C2)CCC1=O. The van der Waals surface area contributed by atoms with Crippen molar-refractivity contribution in [3.05, 3.63) is 17.6 Å². The summed E-state index contributed by atoms with van der Waals surface area (Å²) in [4.78, 5) is 28.3. The van der Waals surface area contributed by atoms with E-state index >= 15 is 0 Å². The highest BCUT2D eigenvalue weighted by Gasteiger charge is 2.42. The number of rotatable bonds is 4. The molecule has 1 atom stereocenters. The van der Waals surface area contributed by atoms with Gasteiger partial charge < -0.3 is 14.7 Å². The van der Waals surface area contributed by atoms with Gasteiger partial charge in [0, 0.05) is 55.8 Å². The van der Waals surface area contributed by atoms with E-state index < -0.39 is 0 Å². The number of hydrogen-bond donors (Lipinski definition) is 0. The van der Waals surface area contributed by atoms with E-state index in [0.717, 1.165) is 52.0 Å². The maximum atomic E-state index is 12.4. The minimum atomic E-state index is 0.231. The van der Waals surface area contributed by atoms with Crippen molar-refractivity contribution in [2.75, 3.05) is 51.7 Å². The summed E-state index contributed by atoms with van der Waals surface area (Å²) in [5, 5.41) is 0. The average molecular weight is 358 g/mol. The van der Waals surface area contributed by atoms with Crippen molar-refractivity contribution in [1.82, 2.24) is 19.8 Å². The third-order valence-electron chi connectivity index (χ3n) is 6.38. The van der Waals surface area contributed by atoms with Crippen LogP contribution in [-0.4, -0.2) is 72.5 Å². The number of aryl methyl sites for hydroxylation is 1. The van der Waals surface area contributed by atoms with Gasteiger partial charge in [-0.15, -0.1) is 0 Å². The minimum Gasteiger partial charge on any atom is -0.356 e. The molecule has 142 valence electrons. The Kier molecular flexibility index (Phi) is 4.86. The largest absolute Gasteiger partial charge is 0.356 e. The molecule has 1 aromatic rings. The first kappa shape index (κ1) is 17.7. The van der Waals surface area contributed by atoms with Crippen LogP contribution in [0.15, 0.2) is 6.33 Å². The summed E-state index contributed by atoms with van der Waals surface area (Å²) < 4.78 is 0. The molecule has 3 aliphatic rings. The van der Waals surface area contributed by atoms with Crippen molar-refractivity contribution in [2.45, 2.75) is 44.9 Å². The number of hydrogen-bond acceptors (Lipinski definition) is 5. The van der Waals surface area contributed by atoms with Gasteiger partial charge in [-0.25, -0.2) is 9.97 Å². The lowest BCUT2D eigenvalue weighted by molar-refractivity contribution is -0.138. The molecule has 4 rings (SSSR count). The molecule has 0 saturated carbocycles. The average Bonchev–Trinajstić information content (AvgIpc) is 3.11. The van der Waals surface area contributed by atoms with Gasteiger partial charge in [0.1, 0.15) is 12.1 Å². The number of nitrogens with zero attached hydrogens (tertiary/aromatic N) is 5. The van der Waals surface area contributed by atoms with Crippen LogP contribution in [0.2, 0.25) is 0 Å². The lowest BCUT2D eigenvalue weighted by Gasteiger charge is -2.49. The van der Waals surface area contributed by atoms with Crippen molar-refractivity contribution < 1.29 is 4.79 Å². The first-order valence-electron chi connectivity index (χ1n) is 10.1. The summed E-state index contributed by atoms with van der Waals surface area (Å²) in [7, 11) is 4.14. The molecule has 1 aromatic heterocycles. The fourth-order valence-electron chi connectivity index (χ4n) is 4.96. The number of likely N-dealkylation sites (tertiary alicyclic amines) is 1. The summed E-state index contributed by atoms with van der Waals surface area (Å²) >= 11 is 0. The lowest BCUT2D eigenvalue weighted by Crippen LogP contribution is -2.55. The van der Waals surface area contributed by atoms with Crippen LogP contribution >= 0.6 is 0 Å². The molecule has 1 amide bonds. The molecule has 3 heterocycles. The number of anilines is 1. The topological polar surface area (TPSA) is 52.6 Å². The zero-order valence-electron chi connectivity index (χ0n) is 16.2. The van der Waals surface area contributed by atoms with Crippen LogP contribution in [-0.2, 0) is 17.6 Å². The third kappa shape index (κ3) is 3.43. The molecule has 0 aromatic carbocycles. The number of amides is 1. The Morgan fingerprint density at radius 2 is 2.00 bits per heavy atom. The van der Waals surface area contributed by atoms with E-state index in [1.165, 1.54) is 36.3 Å². The van der Waals surface area contributed by atoms with Gasteiger partial charge in [-0.3, -0.25) is 4.79 Å². The number of aromatic nitrogens is 2. The molecule has 2 fully saturated rings. The molecule has 0 radical (unpaired) electrons. The quantitative estimate of drug-likeness (QED) is 0.822. The molecule has 1 spiro atoms. The van der Waals surface area contributed by atoms with Crippen LogP contribution in [0.25, 0.3) is 0 Å². The van der Waals surface area contributed by atoms with E-state index in [0.29, 0.717) is 12.3 Å². The molecular formula is C20H31N5O. The van der Waals surface area contributed by atoms with Crippen LogP contribution in [0.3, 0.4) is 0 Å². The highest BCUT2D eigenvalue weighted by molar-refractivity contribution is 5.77. The number of carbonyl (C=O) groups excluding carboxylic acids is 1. The highest BCUT2D eigenvalue weighted by atomic mass is 16.2. The fraction of sp³-hybridized carbons (Fsp3) is 0.750. The molecule has 6 nitrogen and oxygen atoms in total. The van der Waals surface area contributed by atoms with Gasteiger partial charge in [-0.1, -0.05) is 0 Å². The van der Waals surface area contributed by atoms with Gasteiger partial charge in [-0.05, 0) is 52.6 Å². The Labute approximate surface area is 156 Å². The number of fused-ring (bicyclic) bond motifs is 1. The molecule has 2 aliphatic heterocycles. The van der Waals surface area contributed by atoms with E-state index in [4.69, 9.17) is 0 Å².